The lowest BCUT2D eigenvalue weighted by Crippen LogP contribution is -2.24. The molecule has 0 aromatic carbocycles. The minimum atomic E-state index is 0.782. The number of nitrogens with one attached hydrogen (secondary N) is 1. The third-order valence-corrected chi connectivity index (χ3v) is 2.47. The molecule has 1 fully saturated rings. The molecule has 1 heteroatoms. The van der Waals surface area contributed by atoms with Gasteiger partial charge >= 0.3 is 0 Å². The van der Waals surface area contributed by atoms with Crippen molar-refractivity contribution in [2.75, 3.05) is 13.1 Å². The Morgan fingerprint density at radius 2 is 2.42 bits per heavy atom. The van der Waals surface area contributed by atoms with Crippen molar-refractivity contribution in [1.29, 1.82) is 0 Å². The Morgan fingerprint density at radius 3 is 3.00 bits per heavy atom. The summed E-state index contributed by atoms with van der Waals surface area (Å²) in [6.45, 7) is 6.92. The van der Waals surface area contributed by atoms with E-state index in [0.717, 1.165) is 12.5 Å². The van der Waals surface area contributed by atoms with Gasteiger partial charge in [0.05, 0.1) is 0 Å². The standard InChI is InChI=1S/C11H21N/c1-3-5-10(2)8-11-6-4-7-12-9-11/h8,10,12H,3-7,9H2,1-2H3. The Hall–Kier alpha value is -0.300. The molecular formula is C11H21N. The fourth-order valence-corrected chi connectivity index (χ4v) is 1.86. The Morgan fingerprint density at radius 1 is 1.58 bits per heavy atom. The number of rotatable bonds is 3. The van der Waals surface area contributed by atoms with Crippen molar-refractivity contribution in [3.05, 3.63) is 11.6 Å². The smallest absolute Gasteiger partial charge is 0.0164 e. The van der Waals surface area contributed by atoms with Gasteiger partial charge in [0.2, 0.25) is 0 Å². The zero-order valence-corrected chi connectivity index (χ0v) is 8.40. The summed E-state index contributed by atoms with van der Waals surface area (Å²) in [6.07, 6.45) is 7.75. The van der Waals surface area contributed by atoms with E-state index in [1.165, 1.54) is 32.2 Å². The van der Waals surface area contributed by atoms with Gasteiger partial charge in [0, 0.05) is 6.54 Å². The molecule has 0 amide bonds. The van der Waals surface area contributed by atoms with E-state index in [1.54, 1.807) is 5.57 Å². The largest absolute Gasteiger partial charge is 0.313 e. The maximum atomic E-state index is 3.41. The van der Waals surface area contributed by atoms with Crippen molar-refractivity contribution >= 4 is 0 Å². The first-order valence-corrected chi connectivity index (χ1v) is 5.23. The van der Waals surface area contributed by atoms with Crippen molar-refractivity contribution in [3.63, 3.8) is 0 Å². The number of piperidine rings is 1. The lowest BCUT2D eigenvalue weighted by Gasteiger charge is -2.17. The van der Waals surface area contributed by atoms with Gasteiger partial charge in [-0.1, -0.05) is 31.9 Å². The number of hydrogen-bond donors (Lipinski definition) is 1. The molecule has 0 aromatic rings. The molecule has 1 unspecified atom stereocenters. The molecule has 1 saturated heterocycles. The molecule has 0 radical (unpaired) electrons. The van der Waals surface area contributed by atoms with Crippen LogP contribution in [-0.2, 0) is 0 Å². The predicted octanol–water partition coefficient (Wildman–Crippen LogP) is 2.73. The van der Waals surface area contributed by atoms with E-state index >= 15 is 0 Å². The predicted molar refractivity (Wildman–Crippen MR) is 54.3 cm³/mol. The first-order chi connectivity index (χ1) is 5.83. The molecule has 1 N–H and O–H groups in total. The molecule has 1 nitrogen and oxygen atoms in total. The van der Waals surface area contributed by atoms with Gasteiger partial charge in [0.15, 0.2) is 0 Å². The van der Waals surface area contributed by atoms with Crippen LogP contribution in [-0.4, -0.2) is 13.1 Å². The van der Waals surface area contributed by atoms with Crippen molar-refractivity contribution < 1.29 is 0 Å². The second-order valence-corrected chi connectivity index (χ2v) is 3.87. The van der Waals surface area contributed by atoms with Crippen LogP contribution in [0.15, 0.2) is 11.6 Å². The molecule has 1 heterocycles. The van der Waals surface area contributed by atoms with Crippen LogP contribution < -0.4 is 5.32 Å². The van der Waals surface area contributed by atoms with Crippen LogP contribution in [0.3, 0.4) is 0 Å². The summed E-state index contributed by atoms with van der Waals surface area (Å²) in [7, 11) is 0. The highest BCUT2D eigenvalue weighted by Crippen LogP contribution is 2.14. The fraction of sp³-hybridized carbons (Fsp3) is 0.818. The second kappa shape index (κ2) is 5.36. The monoisotopic (exact) mass is 167 g/mol. The summed E-state index contributed by atoms with van der Waals surface area (Å²) >= 11 is 0. The van der Waals surface area contributed by atoms with Gasteiger partial charge in [-0.2, -0.15) is 0 Å². The van der Waals surface area contributed by atoms with Crippen LogP contribution in [0.4, 0.5) is 0 Å². The maximum absolute atomic E-state index is 3.41. The van der Waals surface area contributed by atoms with E-state index in [9.17, 15) is 0 Å². The van der Waals surface area contributed by atoms with E-state index in [-0.39, 0.29) is 0 Å². The summed E-state index contributed by atoms with van der Waals surface area (Å²) < 4.78 is 0. The van der Waals surface area contributed by atoms with Crippen molar-refractivity contribution in [3.8, 4) is 0 Å². The minimum Gasteiger partial charge on any atom is -0.313 e. The molecule has 0 bridgehead atoms. The molecule has 1 aliphatic rings. The average molecular weight is 167 g/mol. The third-order valence-electron chi connectivity index (χ3n) is 2.47. The molecule has 1 atom stereocenters. The summed E-state index contributed by atoms with van der Waals surface area (Å²) in [5, 5.41) is 3.41. The molecule has 1 rings (SSSR count). The zero-order chi connectivity index (χ0) is 8.81. The summed E-state index contributed by atoms with van der Waals surface area (Å²) in [5.74, 6) is 0.782. The normalized spacial score (nSPS) is 24.3. The van der Waals surface area contributed by atoms with Crippen LogP contribution in [0.2, 0.25) is 0 Å². The van der Waals surface area contributed by atoms with Crippen LogP contribution >= 0.6 is 0 Å². The second-order valence-electron chi connectivity index (χ2n) is 3.87. The molecule has 0 saturated carbocycles. The van der Waals surface area contributed by atoms with Crippen LogP contribution in [0.25, 0.3) is 0 Å². The molecule has 70 valence electrons. The molecule has 0 aliphatic carbocycles. The van der Waals surface area contributed by atoms with Gasteiger partial charge in [0.1, 0.15) is 0 Å². The lowest BCUT2D eigenvalue weighted by molar-refractivity contribution is 0.581. The van der Waals surface area contributed by atoms with Gasteiger partial charge in [-0.25, -0.2) is 0 Å². The summed E-state index contributed by atoms with van der Waals surface area (Å²) in [6, 6.07) is 0. The highest BCUT2D eigenvalue weighted by atomic mass is 14.9. The SMILES string of the molecule is CCCC(C)C=C1CCCNC1. The highest BCUT2D eigenvalue weighted by molar-refractivity contribution is 5.07. The highest BCUT2D eigenvalue weighted by Gasteiger charge is 2.05. The molecular weight excluding hydrogens is 146 g/mol. The molecule has 12 heavy (non-hydrogen) atoms. The van der Waals surface area contributed by atoms with Gasteiger partial charge in [0.25, 0.3) is 0 Å². The van der Waals surface area contributed by atoms with E-state index in [0.29, 0.717) is 0 Å². The van der Waals surface area contributed by atoms with Crippen molar-refractivity contribution in [2.45, 2.75) is 39.5 Å². The average Bonchev–Trinajstić information content (AvgIpc) is 2.06. The first kappa shape index (κ1) is 9.79. The number of hydrogen-bond acceptors (Lipinski definition) is 1. The van der Waals surface area contributed by atoms with E-state index in [2.05, 4.69) is 25.2 Å². The lowest BCUT2D eigenvalue weighted by atomic mass is 9.98. The van der Waals surface area contributed by atoms with Crippen molar-refractivity contribution in [1.82, 2.24) is 5.32 Å². The Labute approximate surface area is 76.2 Å². The van der Waals surface area contributed by atoms with Gasteiger partial charge < -0.3 is 5.32 Å². The topological polar surface area (TPSA) is 12.0 Å². The first-order valence-electron chi connectivity index (χ1n) is 5.23. The number of allylic oxidation sites excluding steroid dienone is 1. The van der Waals surface area contributed by atoms with Gasteiger partial charge in [-0.3, -0.25) is 0 Å². The molecule has 0 aromatic heterocycles. The molecule has 1 aliphatic heterocycles. The van der Waals surface area contributed by atoms with E-state index in [4.69, 9.17) is 0 Å². The van der Waals surface area contributed by atoms with Crippen LogP contribution in [0.5, 0.6) is 0 Å². The quantitative estimate of drug-likeness (QED) is 0.637. The van der Waals surface area contributed by atoms with Gasteiger partial charge in [-0.15, -0.1) is 0 Å². The van der Waals surface area contributed by atoms with Crippen LogP contribution in [0.1, 0.15) is 39.5 Å². The maximum Gasteiger partial charge on any atom is 0.0164 e. The minimum absolute atomic E-state index is 0.782. The van der Waals surface area contributed by atoms with E-state index in [1.807, 2.05) is 0 Å². The van der Waals surface area contributed by atoms with Crippen molar-refractivity contribution in [2.24, 2.45) is 5.92 Å². The third kappa shape index (κ3) is 3.40. The van der Waals surface area contributed by atoms with Crippen LogP contribution in [0, 0.1) is 5.92 Å². The Bertz CT molecular complexity index is 141. The Balaban J connectivity index is 2.32. The fourth-order valence-electron chi connectivity index (χ4n) is 1.86. The Kier molecular flexibility index (Phi) is 4.37. The summed E-state index contributed by atoms with van der Waals surface area (Å²) in [5.41, 5.74) is 1.63. The molecule has 0 spiro atoms. The van der Waals surface area contributed by atoms with Gasteiger partial charge in [-0.05, 0) is 31.7 Å². The zero-order valence-electron chi connectivity index (χ0n) is 8.40. The summed E-state index contributed by atoms with van der Waals surface area (Å²) in [4.78, 5) is 0. The van der Waals surface area contributed by atoms with E-state index < -0.39 is 0 Å².